The van der Waals surface area contributed by atoms with Crippen LogP contribution in [0.2, 0.25) is 0 Å². The van der Waals surface area contributed by atoms with E-state index in [1.165, 1.54) is 24.3 Å². The zero-order valence-electron chi connectivity index (χ0n) is 20.3. The lowest BCUT2D eigenvalue weighted by molar-refractivity contribution is -0.274. The Morgan fingerprint density at radius 2 is 1.71 bits per heavy atom. The molecule has 3 rings (SSSR count). The molecule has 2 aliphatic rings. The van der Waals surface area contributed by atoms with Gasteiger partial charge >= 0.3 is 12.5 Å². The standard InChI is InChI=1S/C25H26F6N4O3/c1-15-19(22(36)34-14-24(26,27)28)6-7-21(32)20(15)13-33-12-16-8-10-35(11-9-16)23(37)17-2-4-18(5-3-17)38-25(29,30)31/h2-7,13,16,32-33H,8-12,14H2,1H3,(H,34,36)/b20-13-,32-21?. The number of rotatable bonds is 7. The Labute approximate surface area is 214 Å². The number of hydrogen-bond donors (Lipinski definition) is 3. The van der Waals surface area contributed by atoms with E-state index < -0.39 is 30.7 Å². The van der Waals surface area contributed by atoms with Crippen molar-refractivity contribution in [2.75, 3.05) is 26.2 Å². The van der Waals surface area contributed by atoms with Crippen LogP contribution in [0.5, 0.6) is 5.75 Å². The minimum atomic E-state index is -4.81. The van der Waals surface area contributed by atoms with Crippen LogP contribution in [0.3, 0.4) is 0 Å². The molecular weight excluding hydrogens is 518 g/mol. The third kappa shape index (κ3) is 8.12. The Morgan fingerprint density at radius 1 is 1.08 bits per heavy atom. The number of halogens is 6. The van der Waals surface area contributed by atoms with Crippen molar-refractivity contribution in [1.82, 2.24) is 15.5 Å². The first kappa shape index (κ1) is 28.8. The normalized spacial score (nSPS) is 18.1. The lowest BCUT2D eigenvalue weighted by Gasteiger charge is -2.32. The van der Waals surface area contributed by atoms with Crippen LogP contribution in [0.1, 0.15) is 30.1 Å². The minimum absolute atomic E-state index is 0.0446. The quantitative estimate of drug-likeness (QED) is 0.441. The van der Waals surface area contributed by atoms with E-state index in [1.807, 2.05) is 5.32 Å². The molecule has 0 radical (unpaired) electrons. The fourth-order valence-corrected chi connectivity index (χ4v) is 4.09. The molecule has 2 amide bonds. The van der Waals surface area contributed by atoms with Crippen LogP contribution in [0, 0.1) is 11.3 Å². The van der Waals surface area contributed by atoms with Crippen LogP contribution in [0.25, 0.3) is 0 Å². The molecule has 1 aliphatic heterocycles. The molecule has 0 spiro atoms. The van der Waals surface area contributed by atoms with Gasteiger partial charge in [-0.3, -0.25) is 9.59 Å². The maximum Gasteiger partial charge on any atom is 0.573 e. The predicted molar refractivity (Wildman–Crippen MR) is 126 cm³/mol. The van der Waals surface area contributed by atoms with E-state index in [2.05, 4.69) is 10.1 Å². The van der Waals surface area contributed by atoms with Gasteiger partial charge < -0.3 is 25.7 Å². The van der Waals surface area contributed by atoms with Crippen molar-refractivity contribution < 1.29 is 40.7 Å². The van der Waals surface area contributed by atoms with E-state index in [0.717, 1.165) is 12.1 Å². The second-order valence-corrected chi connectivity index (χ2v) is 8.86. The topological polar surface area (TPSA) is 94.5 Å². The molecule has 13 heteroatoms. The number of ether oxygens (including phenoxy) is 1. The number of nitrogens with one attached hydrogen (secondary N) is 3. The number of allylic oxidation sites excluding steroid dienone is 3. The summed E-state index contributed by atoms with van der Waals surface area (Å²) in [4.78, 5) is 26.5. The average molecular weight is 544 g/mol. The summed E-state index contributed by atoms with van der Waals surface area (Å²) in [5.41, 5.74) is 1.16. The molecule has 206 valence electrons. The fraction of sp³-hybridized carbons (Fsp3) is 0.400. The molecule has 0 saturated carbocycles. The summed E-state index contributed by atoms with van der Waals surface area (Å²) in [6, 6.07) is 4.74. The van der Waals surface area contributed by atoms with Gasteiger partial charge in [-0.25, -0.2) is 0 Å². The monoisotopic (exact) mass is 544 g/mol. The molecule has 1 saturated heterocycles. The van der Waals surface area contributed by atoms with E-state index in [-0.39, 0.29) is 28.7 Å². The van der Waals surface area contributed by atoms with E-state index in [0.29, 0.717) is 43.6 Å². The molecule has 1 heterocycles. The lowest BCUT2D eigenvalue weighted by atomic mass is 9.92. The number of hydrogen-bond acceptors (Lipinski definition) is 5. The molecule has 38 heavy (non-hydrogen) atoms. The highest BCUT2D eigenvalue weighted by Gasteiger charge is 2.31. The van der Waals surface area contributed by atoms with Crippen molar-refractivity contribution in [3.63, 3.8) is 0 Å². The Bertz CT molecular complexity index is 1150. The molecule has 0 bridgehead atoms. The maximum atomic E-state index is 12.7. The average Bonchev–Trinajstić information content (AvgIpc) is 2.83. The minimum Gasteiger partial charge on any atom is -0.406 e. The van der Waals surface area contributed by atoms with Crippen LogP contribution in [-0.2, 0) is 4.79 Å². The van der Waals surface area contributed by atoms with Gasteiger partial charge in [0.1, 0.15) is 12.3 Å². The van der Waals surface area contributed by atoms with Crippen LogP contribution >= 0.6 is 0 Å². The summed E-state index contributed by atoms with van der Waals surface area (Å²) in [7, 11) is 0. The first-order valence-corrected chi connectivity index (χ1v) is 11.7. The summed E-state index contributed by atoms with van der Waals surface area (Å²) >= 11 is 0. The van der Waals surface area contributed by atoms with Crippen molar-refractivity contribution in [3.05, 3.63) is 64.9 Å². The summed E-state index contributed by atoms with van der Waals surface area (Å²) in [5, 5.41) is 13.0. The molecule has 0 aromatic heterocycles. The lowest BCUT2D eigenvalue weighted by Crippen LogP contribution is -2.40. The molecule has 7 nitrogen and oxygen atoms in total. The van der Waals surface area contributed by atoms with E-state index in [1.54, 1.807) is 18.0 Å². The molecule has 3 N–H and O–H groups in total. The number of nitrogens with zero attached hydrogens (tertiary/aromatic N) is 1. The number of carbonyl (C=O) groups excluding carboxylic acids is 2. The van der Waals surface area contributed by atoms with Crippen molar-refractivity contribution >= 4 is 17.5 Å². The highest BCUT2D eigenvalue weighted by Crippen LogP contribution is 2.25. The van der Waals surface area contributed by atoms with Crippen molar-refractivity contribution in [1.29, 1.82) is 5.41 Å². The first-order chi connectivity index (χ1) is 17.7. The van der Waals surface area contributed by atoms with Gasteiger partial charge in [0.25, 0.3) is 11.8 Å². The summed E-state index contributed by atoms with van der Waals surface area (Å²) in [6.07, 6.45) is -3.82. The van der Waals surface area contributed by atoms with Crippen LogP contribution in [-0.4, -0.2) is 61.1 Å². The number of amides is 2. The SMILES string of the molecule is CC1=C(C(=O)NCC(F)(F)F)C=CC(=N)/C1=C\NCC1CCN(C(=O)c2ccc(OC(F)(F)F)cc2)CC1. The maximum absolute atomic E-state index is 12.7. The van der Waals surface area contributed by atoms with Crippen molar-refractivity contribution in [2.24, 2.45) is 5.92 Å². The highest BCUT2D eigenvalue weighted by molar-refractivity contribution is 6.14. The Morgan fingerprint density at radius 3 is 2.29 bits per heavy atom. The third-order valence-corrected chi connectivity index (χ3v) is 6.10. The van der Waals surface area contributed by atoms with Crippen LogP contribution < -0.4 is 15.4 Å². The molecule has 0 unspecified atom stereocenters. The number of alkyl halides is 6. The first-order valence-electron chi connectivity index (χ1n) is 11.7. The molecule has 1 aliphatic carbocycles. The molecule has 1 aromatic rings. The van der Waals surface area contributed by atoms with Crippen molar-refractivity contribution in [2.45, 2.75) is 32.3 Å². The highest BCUT2D eigenvalue weighted by atomic mass is 19.4. The third-order valence-electron chi connectivity index (χ3n) is 6.10. The molecule has 1 aromatic carbocycles. The zero-order valence-corrected chi connectivity index (χ0v) is 20.3. The Balaban J connectivity index is 1.51. The smallest absolute Gasteiger partial charge is 0.406 e. The van der Waals surface area contributed by atoms with E-state index >= 15 is 0 Å². The predicted octanol–water partition coefficient (Wildman–Crippen LogP) is 4.50. The van der Waals surface area contributed by atoms with Gasteiger partial charge in [0.2, 0.25) is 0 Å². The Kier molecular flexibility index (Phi) is 8.89. The van der Waals surface area contributed by atoms with Gasteiger partial charge in [0.15, 0.2) is 0 Å². The van der Waals surface area contributed by atoms with Gasteiger partial charge in [-0.05, 0) is 67.7 Å². The van der Waals surface area contributed by atoms with Crippen molar-refractivity contribution in [3.8, 4) is 5.75 Å². The summed E-state index contributed by atoms with van der Waals surface area (Å²) in [6.45, 7) is 1.51. The van der Waals surface area contributed by atoms with Gasteiger partial charge in [0, 0.05) is 42.5 Å². The molecule has 1 fully saturated rings. The molecular formula is C25H26F6N4O3. The summed E-state index contributed by atoms with van der Waals surface area (Å²) < 4.78 is 78.0. The van der Waals surface area contributed by atoms with Gasteiger partial charge in [-0.1, -0.05) is 0 Å². The summed E-state index contributed by atoms with van der Waals surface area (Å²) in [5.74, 6) is -1.40. The van der Waals surface area contributed by atoms with E-state index in [9.17, 15) is 35.9 Å². The van der Waals surface area contributed by atoms with E-state index in [4.69, 9.17) is 5.41 Å². The number of piperidine rings is 1. The van der Waals surface area contributed by atoms with Gasteiger partial charge in [-0.15, -0.1) is 13.2 Å². The largest absolute Gasteiger partial charge is 0.573 e. The Hall–Kier alpha value is -3.77. The van der Waals surface area contributed by atoms with Gasteiger partial charge in [-0.2, -0.15) is 13.2 Å². The zero-order chi connectivity index (χ0) is 28.1. The van der Waals surface area contributed by atoms with Crippen LogP contribution in [0.15, 0.2) is 59.3 Å². The fourth-order valence-electron chi connectivity index (χ4n) is 4.09. The number of benzene rings is 1. The second kappa shape index (κ2) is 11.7. The van der Waals surface area contributed by atoms with Gasteiger partial charge in [0.05, 0.1) is 5.71 Å². The number of likely N-dealkylation sites (tertiary alicyclic amines) is 1. The second-order valence-electron chi connectivity index (χ2n) is 8.86. The number of carbonyl (C=O) groups is 2. The van der Waals surface area contributed by atoms with Crippen LogP contribution in [0.4, 0.5) is 26.3 Å². The molecule has 0 atom stereocenters.